The van der Waals surface area contributed by atoms with Crippen molar-refractivity contribution in [2.45, 2.75) is 18.2 Å². The van der Waals surface area contributed by atoms with Gasteiger partial charge in [-0.1, -0.05) is 24.2 Å². The van der Waals surface area contributed by atoms with E-state index in [0.717, 1.165) is 0 Å². The second kappa shape index (κ2) is 8.15. The average Bonchev–Trinajstić information content (AvgIpc) is 3.22. The van der Waals surface area contributed by atoms with E-state index in [1.165, 1.54) is 12.1 Å². The smallest absolute Gasteiger partial charge is 0.322 e. The summed E-state index contributed by atoms with van der Waals surface area (Å²) in [5.74, 6) is 1.14. The third-order valence-electron chi connectivity index (χ3n) is 4.49. The van der Waals surface area contributed by atoms with Crippen LogP contribution in [0.25, 0.3) is 11.5 Å². The number of fused-ring (bicyclic) bond motifs is 1. The van der Waals surface area contributed by atoms with Crippen LogP contribution in [0.2, 0.25) is 0 Å². The molecular weight excluding hydrogens is 410 g/mol. The predicted octanol–water partition coefficient (Wildman–Crippen LogP) is 2.48. The van der Waals surface area contributed by atoms with E-state index in [0.29, 0.717) is 35.8 Å². The lowest BCUT2D eigenvalue weighted by Crippen LogP contribution is -2.15. The number of aromatic nitrogens is 2. The Morgan fingerprint density at radius 3 is 2.50 bits per heavy atom. The van der Waals surface area contributed by atoms with Crippen molar-refractivity contribution in [2.24, 2.45) is 0 Å². The molecule has 0 bridgehead atoms. The standard InChI is InChI=1S/C20H19N3O6S/c1-2-30(25,26)15-6-3-13(4-7-15)11-18(24)21-20-23-22-19(29-20)14-5-8-16-17(12-14)28-10-9-27-16/h3-8,12H,2,9-11H2,1H3,(H,21,23,24). The van der Waals surface area contributed by atoms with Crippen molar-refractivity contribution in [2.75, 3.05) is 24.3 Å². The number of sulfone groups is 1. The number of anilines is 1. The summed E-state index contributed by atoms with van der Waals surface area (Å²) in [6.45, 7) is 2.55. The van der Waals surface area contributed by atoms with Crippen LogP contribution in [0.5, 0.6) is 11.5 Å². The van der Waals surface area contributed by atoms with Crippen molar-refractivity contribution in [1.82, 2.24) is 10.2 Å². The molecule has 0 fully saturated rings. The van der Waals surface area contributed by atoms with Gasteiger partial charge in [-0.25, -0.2) is 8.42 Å². The van der Waals surface area contributed by atoms with Crippen LogP contribution in [0.15, 0.2) is 51.8 Å². The second-order valence-electron chi connectivity index (χ2n) is 6.54. The van der Waals surface area contributed by atoms with E-state index >= 15 is 0 Å². The van der Waals surface area contributed by atoms with Crippen molar-refractivity contribution in [3.63, 3.8) is 0 Å². The van der Waals surface area contributed by atoms with Gasteiger partial charge in [0.15, 0.2) is 21.3 Å². The van der Waals surface area contributed by atoms with E-state index in [-0.39, 0.29) is 34.9 Å². The molecule has 1 amide bonds. The minimum atomic E-state index is -3.27. The van der Waals surface area contributed by atoms with Crippen LogP contribution in [0.3, 0.4) is 0 Å². The first kappa shape index (κ1) is 19.9. The normalized spacial score (nSPS) is 13.1. The first-order chi connectivity index (χ1) is 14.4. The molecule has 0 saturated heterocycles. The molecule has 1 aromatic heterocycles. The maximum Gasteiger partial charge on any atom is 0.322 e. The van der Waals surface area contributed by atoms with Crippen LogP contribution < -0.4 is 14.8 Å². The van der Waals surface area contributed by atoms with Crippen molar-refractivity contribution < 1.29 is 27.1 Å². The van der Waals surface area contributed by atoms with Crippen molar-refractivity contribution in [3.8, 4) is 23.0 Å². The number of hydrogen-bond acceptors (Lipinski definition) is 8. The number of hydrogen-bond donors (Lipinski definition) is 1. The average molecular weight is 429 g/mol. The molecule has 9 nitrogen and oxygen atoms in total. The maximum absolute atomic E-state index is 12.3. The maximum atomic E-state index is 12.3. The number of benzene rings is 2. The largest absolute Gasteiger partial charge is 0.486 e. The van der Waals surface area contributed by atoms with Crippen LogP contribution in [0.1, 0.15) is 12.5 Å². The van der Waals surface area contributed by atoms with Gasteiger partial charge in [0.2, 0.25) is 11.8 Å². The van der Waals surface area contributed by atoms with Gasteiger partial charge in [-0.3, -0.25) is 10.1 Å². The molecule has 1 aliphatic heterocycles. The molecule has 0 saturated carbocycles. The van der Waals surface area contributed by atoms with Gasteiger partial charge in [-0.15, -0.1) is 5.10 Å². The third kappa shape index (κ3) is 4.28. The molecule has 30 heavy (non-hydrogen) atoms. The monoisotopic (exact) mass is 429 g/mol. The van der Waals surface area contributed by atoms with E-state index in [9.17, 15) is 13.2 Å². The van der Waals surface area contributed by atoms with Crippen molar-refractivity contribution in [1.29, 1.82) is 0 Å². The molecule has 1 N–H and O–H groups in total. The minimum absolute atomic E-state index is 0.0235. The first-order valence-electron chi connectivity index (χ1n) is 9.29. The summed E-state index contributed by atoms with van der Waals surface area (Å²) in [5, 5.41) is 10.3. The highest BCUT2D eigenvalue weighted by molar-refractivity contribution is 7.91. The van der Waals surface area contributed by atoms with E-state index in [2.05, 4.69) is 15.5 Å². The molecule has 0 unspecified atom stereocenters. The zero-order valence-electron chi connectivity index (χ0n) is 16.1. The molecule has 0 aliphatic carbocycles. The highest BCUT2D eigenvalue weighted by Crippen LogP contribution is 2.34. The first-order valence-corrected chi connectivity index (χ1v) is 10.9. The van der Waals surface area contributed by atoms with Crippen LogP contribution in [0, 0.1) is 0 Å². The predicted molar refractivity (Wildman–Crippen MR) is 107 cm³/mol. The molecule has 2 heterocycles. The van der Waals surface area contributed by atoms with Gasteiger partial charge >= 0.3 is 6.01 Å². The van der Waals surface area contributed by atoms with E-state index in [1.807, 2.05) is 0 Å². The molecule has 1 aliphatic rings. The molecule has 4 rings (SSSR count). The van der Waals surface area contributed by atoms with Crippen LogP contribution in [0.4, 0.5) is 6.01 Å². The summed E-state index contributed by atoms with van der Waals surface area (Å²) in [5.41, 5.74) is 1.30. The number of amides is 1. The Morgan fingerprint density at radius 2 is 1.77 bits per heavy atom. The Balaban J connectivity index is 1.41. The lowest BCUT2D eigenvalue weighted by atomic mass is 10.1. The van der Waals surface area contributed by atoms with Gasteiger partial charge in [-0.05, 0) is 35.9 Å². The number of ether oxygens (including phenoxy) is 2. The fourth-order valence-corrected chi connectivity index (χ4v) is 3.78. The Kier molecular flexibility index (Phi) is 5.40. The Hall–Kier alpha value is -3.40. The Morgan fingerprint density at radius 1 is 1.03 bits per heavy atom. The number of nitrogens with one attached hydrogen (secondary N) is 1. The van der Waals surface area contributed by atoms with Gasteiger partial charge in [-0.2, -0.15) is 0 Å². The van der Waals surface area contributed by atoms with Crippen molar-refractivity contribution >= 4 is 21.8 Å². The fourth-order valence-electron chi connectivity index (χ4n) is 2.90. The summed E-state index contributed by atoms with van der Waals surface area (Å²) >= 11 is 0. The molecule has 0 radical (unpaired) electrons. The second-order valence-corrected chi connectivity index (χ2v) is 8.82. The number of nitrogens with zero attached hydrogens (tertiary/aromatic N) is 2. The van der Waals surface area contributed by atoms with E-state index in [1.54, 1.807) is 37.3 Å². The van der Waals surface area contributed by atoms with Gasteiger partial charge in [0.25, 0.3) is 0 Å². The van der Waals surface area contributed by atoms with Crippen LogP contribution >= 0.6 is 0 Å². The minimum Gasteiger partial charge on any atom is -0.486 e. The van der Waals surface area contributed by atoms with Gasteiger partial charge in [0, 0.05) is 5.56 Å². The molecule has 0 spiro atoms. The molecule has 2 aromatic carbocycles. The summed E-state index contributed by atoms with van der Waals surface area (Å²) < 4.78 is 40.2. The summed E-state index contributed by atoms with van der Waals surface area (Å²) in [6, 6.07) is 11.4. The number of carbonyl (C=O) groups is 1. The summed E-state index contributed by atoms with van der Waals surface area (Å²) in [6.07, 6.45) is 0.0359. The van der Waals surface area contributed by atoms with Crippen LogP contribution in [-0.2, 0) is 21.1 Å². The van der Waals surface area contributed by atoms with Crippen LogP contribution in [-0.4, -0.2) is 43.5 Å². The molecule has 0 atom stereocenters. The highest BCUT2D eigenvalue weighted by atomic mass is 32.2. The summed E-state index contributed by atoms with van der Waals surface area (Å²) in [4.78, 5) is 12.5. The van der Waals surface area contributed by atoms with Crippen molar-refractivity contribution in [3.05, 3.63) is 48.0 Å². The fraction of sp³-hybridized carbons (Fsp3) is 0.250. The quantitative estimate of drug-likeness (QED) is 0.634. The van der Waals surface area contributed by atoms with Gasteiger partial charge in [0.1, 0.15) is 13.2 Å². The zero-order valence-corrected chi connectivity index (χ0v) is 16.9. The third-order valence-corrected chi connectivity index (χ3v) is 6.24. The topological polar surface area (TPSA) is 121 Å². The molecule has 10 heteroatoms. The lowest BCUT2D eigenvalue weighted by Gasteiger charge is -2.18. The number of carbonyl (C=O) groups excluding carboxylic acids is 1. The Bertz CT molecular complexity index is 1170. The summed E-state index contributed by atoms with van der Waals surface area (Å²) in [7, 11) is -3.27. The lowest BCUT2D eigenvalue weighted by molar-refractivity contribution is -0.115. The van der Waals surface area contributed by atoms with Gasteiger partial charge in [0.05, 0.1) is 17.1 Å². The molecule has 156 valence electrons. The molecule has 3 aromatic rings. The molecular formula is C20H19N3O6S. The highest BCUT2D eigenvalue weighted by Gasteiger charge is 2.17. The van der Waals surface area contributed by atoms with E-state index < -0.39 is 9.84 Å². The SMILES string of the molecule is CCS(=O)(=O)c1ccc(CC(=O)Nc2nnc(-c3ccc4c(c3)OCCO4)o2)cc1. The zero-order chi connectivity index (χ0) is 21.1. The van der Waals surface area contributed by atoms with Gasteiger partial charge < -0.3 is 13.9 Å². The number of rotatable bonds is 6. The van der Waals surface area contributed by atoms with E-state index in [4.69, 9.17) is 13.9 Å². The Labute approximate surface area is 172 Å².